The second kappa shape index (κ2) is 38.3. The number of rotatable bonds is 31. The Morgan fingerprint density at radius 1 is 0.562 bits per heavy atom. The summed E-state index contributed by atoms with van der Waals surface area (Å²) < 4.78 is 35.8. The van der Waals surface area contributed by atoms with Gasteiger partial charge < -0.3 is 40.5 Å². The first-order valence-corrected chi connectivity index (χ1v) is 18.9. The van der Waals surface area contributed by atoms with Gasteiger partial charge in [0.1, 0.15) is 0 Å². The van der Waals surface area contributed by atoms with Crippen LogP contribution in [0.2, 0.25) is 0 Å². The van der Waals surface area contributed by atoms with Crippen LogP contribution in [-0.2, 0) is 24.4 Å². The van der Waals surface area contributed by atoms with Gasteiger partial charge in [-0.2, -0.15) is 8.42 Å². The van der Waals surface area contributed by atoms with Gasteiger partial charge in [-0.1, -0.05) is 90.4 Å². The number of aliphatic hydroxyl groups is 6. The Labute approximate surface area is 288 Å². The molecule has 0 radical (unpaired) electrons. The maximum atomic E-state index is 11.6. The highest BCUT2D eigenvalue weighted by molar-refractivity contribution is 7.87. The van der Waals surface area contributed by atoms with Crippen molar-refractivity contribution in [3.05, 3.63) is 0 Å². The average molecular weight is 721 g/mol. The number of ether oxygens (including phenoxy) is 1. The maximum absolute atomic E-state index is 11.6. The summed E-state index contributed by atoms with van der Waals surface area (Å²) in [5.41, 5.74) is 0. The number of esters is 1. The van der Waals surface area contributed by atoms with E-state index in [0.29, 0.717) is 45.7 Å². The molecule has 0 fully saturated rings. The van der Waals surface area contributed by atoms with E-state index < -0.39 is 33.7 Å². The first-order chi connectivity index (χ1) is 23.0. The highest BCUT2D eigenvalue weighted by Crippen LogP contribution is 2.13. The van der Waals surface area contributed by atoms with Gasteiger partial charge in [-0.3, -0.25) is 23.9 Å². The zero-order valence-corrected chi connectivity index (χ0v) is 30.1. The third kappa shape index (κ3) is 37.4. The predicted molar refractivity (Wildman–Crippen MR) is 184 cm³/mol. The lowest BCUT2D eigenvalue weighted by Gasteiger charge is -2.17. The van der Waals surface area contributed by atoms with Crippen molar-refractivity contribution in [1.82, 2.24) is 9.80 Å². The summed E-state index contributed by atoms with van der Waals surface area (Å²) in [4.78, 5) is 25.8. The topological polar surface area (TPSA) is 246 Å². The van der Waals surface area contributed by atoms with Crippen molar-refractivity contribution in [2.45, 2.75) is 108 Å². The van der Waals surface area contributed by atoms with Gasteiger partial charge in [-0.05, 0) is 6.42 Å². The van der Waals surface area contributed by atoms with Crippen molar-refractivity contribution in [2.24, 2.45) is 0 Å². The Morgan fingerprint density at radius 2 is 0.854 bits per heavy atom. The van der Waals surface area contributed by atoms with E-state index in [1.54, 1.807) is 9.80 Å². The highest BCUT2D eigenvalue weighted by atomic mass is 32.2. The fraction of sp³-hybridized carbons (Fsp3) is 0.938. The van der Waals surface area contributed by atoms with E-state index in [4.69, 9.17) is 45.0 Å². The lowest BCUT2D eigenvalue weighted by Crippen LogP contribution is -2.34. The number of aliphatic hydroxyl groups excluding tert-OH is 6. The zero-order valence-electron chi connectivity index (χ0n) is 29.3. The molecule has 0 aromatic carbocycles. The molecule has 0 aromatic rings. The number of carbonyl (C=O) groups excluding carboxylic acids is 1. The van der Waals surface area contributed by atoms with Crippen LogP contribution in [0.25, 0.3) is 0 Å². The Morgan fingerprint density at radius 3 is 1.10 bits per heavy atom. The Balaban J connectivity index is -0.000000821. The molecule has 1 unspecified atom stereocenters. The molecule has 0 aliphatic heterocycles. The van der Waals surface area contributed by atoms with Gasteiger partial charge in [0, 0.05) is 39.3 Å². The number of carboxylic acid groups (broad SMARTS) is 1. The fourth-order valence-electron chi connectivity index (χ4n) is 4.55. The van der Waals surface area contributed by atoms with Gasteiger partial charge in [-0.15, -0.1) is 0 Å². The van der Waals surface area contributed by atoms with Crippen LogP contribution in [0.3, 0.4) is 0 Å². The van der Waals surface area contributed by atoms with Crippen LogP contribution in [0.1, 0.15) is 103 Å². The second-order valence-electron chi connectivity index (χ2n) is 11.4. The lowest BCUT2D eigenvalue weighted by atomic mass is 10.0. The minimum Gasteiger partial charge on any atom is -0.481 e. The molecule has 0 aromatic heterocycles. The monoisotopic (exact) mass is 720 g/mol. The van der Waals surface area contributed by atoms with Gasteiger partial charge in [0.05, 0.1) is 52.7 Å². The number of aliphatic carboxylic acids is 1. The van der Waals surface area contributed by atoms with E-state index in [1.165, 1.54) is 64.2 Å². The van der Waals surface area contributed by atoms with Crippen molar-refractivity contribution in [3.8, 4) is 0 Å². The van der Waals surface area contributed by atoms with E-state index >= 15 is 0 Å². The van der Waals surface area contributed by atoms with Gasteiger partial charge in [0.15, 0.2) is 5.25 Å². The van der Waals surface area contributed by atoms with Gasteiger partial charge in [-0.25, -0.2) is 0 Å². The third-order valence-electron chi connectivity index (χ3n) is 7.22. The summed E-state index contributed by atoms with van der Waals surface area (Å²) >= 11 is 0. The van der Waals surface area contributed by atoms with Crippen molar-refractivity contribution < 1.29 is 63.0 Å². The van der Waals surface area contributed by atoms with E-state index in [2.05, 4.69) is 6.92 Å². The minimum absolute atomic E-state index is 0.0303. The Kier molecular flexibility index (Phi) is 40.7. The first-order valence-electron chi connectivity index (χ1n) is 17.4. The summed E-state index contributed by atoms with van der Waals surface area (Å²) in [6.07, 6.45) is 15.7. The van der Waals surface area contributed by atoms with Crippen molar-refractivity contribution in [3.63, 3.8) is 0 Å². The minimum atomic E-state index is -4.79. The largest absolute Gasteiger partial charge is 0.481 e. The van der Waals surface area contributed by atoms with Gasteiger partial charge in [0.25, 0.3) is 10.1 Å². The third-order valence-corrected chi connectivity index (χ3v) is 8.30. The van der Waals surface area contributed by atoms with Crippen LogP contribution < -0.4 is 0 Å². The summed E-state index contributed by atoms with van der Waals surface area (Å²) in [5.74, 6) is -2.70. The molecular weight excluding hydrogens is 652 g/mol. The second-order valence-corrected chi connectivity index (χ2v) is 13.0. The van der Waals surface area contributed by atoms with Crippen LogP contribution >= 0.6 is 0 Å². The van der Waals surface area contributed by atoms with Crippen molar-refractivity contribution in [1.29, 1.82) is 0 Å². The molecule has 8 N–H and O–H groups in total. The van der Waals surface area contributed by atoms with Gasteiger partial charge >= 0.3 is 11.9 Å². The summed E-state index contributed by atoms with van der Waals surface area (Å²) in [5, 5.41) is 57.5. The van der Waals surface area contributed by atoms with E-state index in [1.807, 2.05) is 0 Å². The number of unbranched alkanes of at least 4 members (excludes halogenated alkanes) is 13. The molecule has 48 heavy (non-hydrogen) atoms. The van der Waals surface area contributed by atoms with E-state index in [-0.39, 0.29) is 46.2 Å². The summed E-state index contributed by atoms with van der Waals surface area (Å²) in [7, 11) is -4.79. The molecular formula is C32H68N2O13S. The molecule has 0 spiro atoms. The number of carbonyl (C=O) groups is 2. The molecule has 0 aliphatic rings. The van der Waals surface area contributed by atoms with E-state index in [0.717, 1.165) is 19.3 Å². The number of hydrogen-bond acceptors (Lipinski definition) is 13. The SMILES string of the molecule is CCCCCCCCCCCCCCCCOC(=O)C(CC(=O)O)S(=O)(=O)O.OCCN(CCO)CCO.OCCN(CCO)CCO. The van der Waals surface area contributed by atoms with Crippen LogP contribution in [-0.4, -0.2) is 161 Å². The molecule has 0 rings (SSSR count). The first kappa shape index (κ1) is 50.9. The van der Waals surface area contributed by atoms with Crippen LogP contribution in [0, 0.1) is 0 Å². The van der Waals surface area contributed by atoms with Crippen molar-refractivity contribution >= 4 is 22.1 Å². The smallest absolute Gasteiger partial charge is 0.327 e. The Bertz CT molecular complexity index is 760. The van der Waals surface area contributed by atoms with Gasteiger partial charge in [0.2, 0.25) is 0 Å². The summed E-state index contributed by atoms with van der Waals surface area (Å²) in [6, 6.07) is 0. The summed E-state index contributed by atoms with van der Waals surface area (Å²) in [6.45, 7) is 5.77. The maximum Gasteiger partial charge on any atom is 0.327 e. The molecule has 0 amide bonds. The van der Waals surface area contributed by atoms with Crippen LogP contribution in [0.4, 0.5) is 0 Å². The molecule has 15 nitrogen and oxygen atoms in total. The number of nitrogens with zero attached hydrogens (tertiary/aromatic N) is 2. The molecule has 16 heteroatoms. The number of hydrogen-bond donors (Lipinski definition) is 8. The molecule has 0 aliphatic carbocycles. The zero-order chi connectivity index (χ0) is 36.9. The predicted octanol–water partition coefficient (Wildman–Crippen LogP) is 1.27. The molecule has 0 bridgehead atoms. The molecule has 0 heterocycles. The fourth-order valence-corrected chi connectivity index (χ4v) is 5.21. The Hall–Kier alpha value is -1.47. The normalized spacial score (nSPS) is 11.9. The average Bonchev–Trinajstić information content (AvgIpc) is 3.02. The number of carboxylic acids is 1. The lowest BCUT2D eigenvalue weighted by molar-refractivity contribution is -0.147. The van der Waals surface area contributed by atoms with Crippen LogP contribution in [0.15, 0.2) is 0 Å². The van der Waals surface area contributed by atoms with E-state index in [9.17, 15) is 18.0 Å². The quantitative estimate of drug-likeness (QED) is 0.0286. The molecule has 0 saturated heterocycles. The molecule has 290 valence electrons. The molecule has 1 atom stereocenters. The van der Waals surface area contributed by atoms with Crippen molar-refractivity contribution in [2.75, 3.05) is 85.5 Å². The molecule has 0 saturated carbocycles. The van der Waals surface area contributed by atoms with Crippen LogP contribution in [0.5, 0.6) is 0 Å². The highest BCUT2D eigenvalue weighted by Gasteiger charge is 2.34. The standard InChI is InChI=1S/C20H38O7S.2C6H15NO3/c1-2-3-4-5-6-7-8-9-10-11-12-13-14-15-16-27-20(23)18(17-19(21)22)28(24,25)26;2*8-4-1-7(2-5-9)3-6-10/h18H,2-17H2,1H3,(H,21,22)(H,24,25,26);2*8-10H,1-6H2.